The van der Waals surface area contributed by atoms with E-state index in [0.29, 0.717) is 18.6 Å². The molecule has 0 radical (unpaired) electrons. The van der Waals surface area contributed by atoms with Crippen molar-refractivity contribution >= 4 is 17.6 Å². The van der Waals surface area contributed by atoms with E-state index >= 15 is 0 Å². The highest BCUT2D eigenvalue weighted by Gasteiger charge is 2.36. The second kappa shape index (κ2) is 5.43. The molecule has 0 aliphatic carbocycles. The maximum absolute atomic E-state index is 13.9. The monoisotopic (exact) mass is 300 g/mol. The molecule has 21 heavy (non-hydrogen) atoms. The molecule has 0 bridgehead atoms. The summed E-state index contributed by atoms with van der Waals surface area (Å²) in [6, 6.07) is -0.244. The number of nitro benzene ring substituents is 1. The number of aliphatic carboxylic acids is 1. The normalized spacial score (nSPS) is 17.8. The molecule has 1 amide bonds. The molecule has 1 aromatic carbocycles. The van der Waals surface area contributed by atoms with Crippen molar-refractivity contribution in [2.75, 3.05) is 6.54 Å². The van der Waals surface area contributed by atoms with Gasteiger partial charge < -0.3 is 10.0 Å². The molecule has 1 aliphatic heterocycles. The highest BCUT2D eigenvalue weighted by molar-refractivity contribution is 5.97. The van der Waals surface area contributed by atoms with Crippen molar-refractivity contribution in [2.24, 2.45) is 0 Å². The molecule has 9 heteroatoms. The minimum Gasteiger partial charge on any atom is -0.480 e. The van der Waals surface area contributed by atoms with E-state index in [9.17, 15) is 28.5 Å². The maximum atomic E-state index is 13.9. The molecule has 0 aromatic heterocycles. The molecule has 1 fully saturated rings. The quantitative estimate of drug-likeness (QED) is 0.674. The van der Waals surface area contributed by atoms with Crippen LogP contribution in [0, 0.1) is 21.7 Å². The highest BCUT2D eigenvalue weighted by Crippen LogP contribution is 2.26. The van der Waals surface area contributed by atoms with E-state index in [0.717, 1.165) is 4.90 Å². The third-order valence-corrected chi connectivity index (χ3v) is 3.24. The van der Waals surface area contributed by atoms with Gasteiger partial charge in [0.1, 0.15) is 11.9 Å². The lowest BCUT2D eigenvalue weighted by Gasteiger charge is -2.21. The van der Waals surface area contributed by atoms with Crippen LogP contribution in [0.3, 0.4) is 0 Å². The number of hydrogen-bond donors (Lipinski definition) is 1. The lowest BCUT2D eigenvalue weighted by Crippen LogP contribution is -2.40. The van der Waals surface area contributed by atoms with Gasteiger partial charge in [0, 0.05) is 6.54 Å². The number of carbonyl (C=O) groups excluding carboxylic acids is 1. The van der Waals surface area contributed by atoms with Crippen molar-refractivity contribution in [3.05, 3.63) is 39.4 Å². The fraction of sp³-hybridized carbons (Fsp3) is 0.333. The lowest BCUT2D eigenvalue weighted by molar-refractivity contribution is -0.387. The Hall–Kier alpha value is -2.58. The third kappa shape index (κ3) is 2.67. The summed E-state index contributed by atoms with van der Waals surface area (Å²) in [5.74, 6) is -4.94. The summed E-state index contributed by atoms with van der Waals surface area (Å²) in [6.07, 6.45) is 0.599. The number of carboxylic acid groups (broad SMARTS) is 1. The molecule has 1 N–H and O–H groups in total. The molecule has 7 nitrogen and oxygen atoms in total. The van der Waals surface area contributed by atoms with Gasteiger partial charge in [-0.3, -0.25) is 14.9 Å². The summed E-state index contributed by atoms with van der Waals surface area (Å²) in [5, 5.41) is 19.6. The van der Waals surface area contributed by atoms with Crippen LogP contribution in [0.2, 0.25) is 0 Å². The second-order valence-electron chi connectivity index (χ2n) is 4.54. The molecular weight excluding hydrogens is 290 g/mol. The van der Waals surface area contributed by atoms with Crippen LogP contribution < -0.4 is 0 Å². The SMILES string of the molecule is O=C(O)[C@H]1CCCN1C(=O)c1cc(F)cc([N+](=O)[O-])c1F. The van der Waals surface area contributed by atoms with E-state index in [2.05, 4.69) is 0 Å². The molecule has 2 rings (SSSR count). The van der Waals surface area contributed by atoms with Gasteiger partial charge in [0.2, 0.25) is 5.82 Å². The molecule has 1 aliphatic rings. The van der Waals surface area contributed by atoms with Gasteiger partial charge in [-0.05, 0) is 18.9 Å². The van der Waals surface area contributed by atoms with Crippen molar-refractivity contribution in [3.8, 4) is 0 Å². The zero-order valence-electron chi connectivity index (χ0n) is 10.6. The topological polar surface area (TPSA) is 101 Å². The Kier molecular flexibility index (Phi) is 3.83. The number of nitrogens with zero attached hydrogens (tertiary/aromatic N) is 2. The predicted octanol–water partition coefficient (Wildman–Crippen LogP) is 1.56. The summed E-state index contributed by atoms with van der Waals surface area (Å²) < 4.78 is 27.2. The standard InChI is InChI=1S/C12H10F2N2O5/c13-6-4-7(10(14)9(5-6)16(20)21)11(17)15-3-1-2-8(15)12(18)19/h4-5,8H,1-3H2,(H,18,19)/t8-/m1/s1. The van der Waals surface area contributed by atoms with E-state index in [-0.39, 0.29) is 13.0 Å². The Morgan fingerprint density at radius 1 is 1.38 bits per heavy atom. The molecule has 0 spiro atoms. The van der Waals surface area contributed by atoms with Gasteiger partial charge in [0.25, 0.3) is 5.91 Å². The van der Waals surface area contributed by atoms with Crippen LogP contribution in [0.1, 0.15) is 23.2 Å². The Morgan fingerprint density at radius 2 is 2.05 bits per heavy atom. The van der Waals surface area contributed by atoms with Crippen molar-refractivity contribution in [3.63, 3.8) is 0 Å². The van der Waals surface area contributed by atoms with Crippen LogP contribution in [0.5, 0.6) is 0 Å². The Labute approximate surface area is 116 Å². The maximum Gasteiger partial charge on any atom is 0.326 e. The summed E-state index contributed by atoms with van der Waals surface area (Å²) in [6.45, 7) is 0.0690. The van der Waals surface area contributed by atoms with E-state index in [1.165, 1.54) is 0 Å². The lowest BCUT2D eigenvalue weighted by atomic mass is 10.1. The molecule has 1 atom stereocenters. The van der Waals surface area contributed by atoms with E-state index in [1.807, 2.05) is 0 Å². The number of hydrogen-bond acceptors (Lipinski definition) is 4. The first kappa shape index (κ1) is 14.8. The van der Waals surface area contributed by atoms with Crippen molar-refractivity contribution < 1.29 is 28.4 Å². The molecule has 1 saturated heterocycles. The second-order valence-corrected chi connectivity index (χ2v) is 4.54. The minimum atomic E-state index is -1.47. The zero-order valence-corrected chi connectivity index (χ0v) is 10.6. The number of nitro groups is 1. The first-order valence-corrected chi connectivity index (χ1v) is 6.00. The van der Waals surface area contributed by atoms with Gasteiger partial charge in [0.05, 0.1) is 16.6 Å². The van der Waals surface area contributed by atoms with Crippen molar-refractivity contribution in [1.82, 2.24) is 4.90 Å². The van der Waals surface area contributed by atoms with Crippen LogP contribution in [-0.2, 0) is 4.79 Å². The number of amides is 1. The molecule has 1 aromatic rings. The summed E-state index contributed by atoms with van der Waals surface area (Å²) >= 11 is 0. The fourth-order valence-electron chi connectivity index (χ4n) is 2.28. The number of rotatable bonds is 3. The number of carbonyl (C=O) groups is 2. The Morgan fingerprint density at radius 3 is 2.62 bits per heavy atom. The van der Waals surface area contributed by atoms with Gasteiger partial charge in [0.15, 0.2) is 0 Å². The largest absolute Gasteiger partial charge is 0.480 e. The fourth-order valence-corrected chi connectivity index (χ4v) is 2.28. The van der Waals surface area contributed by atoms with Crippen LogP contribution in [0.4, 0.5) is 14.5 Å². The summed E-state index contributed by atoms with van der Waals surface area (Å²) in [4.78, 5) is 33.5. The molecular formula is C12H10F2N2O5. The average Bonchev–Trinajstić information content (AvgIpc) is 2.89. The Balaban J connectivity index is 2.44. The van der Waals surface area contributed by atoms with Gasteiger partial charge in [-0.15, -0.1) is 0 Å². The Bertz CT molecular complexity index is 634. The van der Waals surface area contributed by atoms with Gasteiger partial charge in [-0.1, -0.05) is 0 Å². The molecule has 0 unspecified atom stereocenters. The van der Waals surface area contributed by atoms with Crippen LogP contribution in [-0.4, -0.2) is 39.4 Å². The van der Waals surface area contributed by atoms with Gasteiger partial charge in [-0.2, -0.15) is 4.39 Å². The smallest absolute Gasteiger partial charge is 0.326 e. The molecule has 112 valence electrons. The number of carboxylic acids is 1. The minimum absolute atomic E-state index is 0.0690. The zero-order chi connectivity index (χ0) is 15.7. The van der Waals surface area contributed by atoms with E-state index < -0.39 is 45.7 Å². The predicted molar refractivity (Wildman–Crippen MR) is 64.7 cm³/mol. The number of likely N-dealkylation sites (tertiary alicyclic amines) is 1. The molecule has 1 heterocycles. The van der Waals surface area contributed by atoms with Gasteiger partial charge >= 0.3 is 11.7 Å². The van der Waals surface area contributed by atoms with E-state index in [1.54, 1.807) is 0 Å². The van der Waals surface area contributed by atoms with Crippen LogP contribution >= 0.6 is 0 Å². The van der Waals surface area contributed by atoms with Crippen molar-refractivity contribution in [2.45, 2.75) is 18.9 Å². The number of halogens is 2. The first-order valence-electron chi connectivity index (χ1n) is 6.00. The summed E-state index contributed by atoms with van der Waals surface area (Å²) in [7, 11) is 0. The average molecular weight is 300 g/mol. The molecule has 0 saturated carbocycles. The van der Waals surface area contributed by atoms with Crippen molar-refractivity contribution in [1.29, 1.82) is 0 Å². The third-order valence-electron chi connectivity index (χ3n) is 3.24. The van der Waals surface area contributed by atoms with E-state index in [4.69, 9.17) is 5.11 Å². The van der Waals surface area contributed by atoms with Crippen LogP contribution in [0.25, 0.3) is 0 Å². The highest BCUT2D eigenvalue weighted by atomic mass is 19.1. The number of benzene rings is 1. The van der Waals surface area contributed by atoms with Gasteiger partial charge in [-0.25, -0.2) is 9.18 Å². The first-order chi connectivity index (χ1) is 9.82. The summed E-state index contributed by atoms with van der Waals surface area (Å²) in [5.41, 5.74) is -2.00. The van der Waals surface area contributed by atoms with Crippen LogP contribution in [0.15, 0.2) is 12.1 Å².